The molecule has 2 amide bonds. The summed E-state index contributed by atoms with van der Waals surface area (Å²) in [4.78, 5) is 21.5. The number of hydrogen-bond donors (Lipinski definition) is 4. The number of aromatic nitrogens is 2. The van der Waals surface area contributed by atoms with Crippen LogP contribution in [-0.2, 0) is 0 Å². The van der Waals surface area contributed by atoms with E-state index in [1.165, 1.54) is 32.1 Å². The number of anilines is 5. The Bertz CT molecular complexity index is 1060. The topological polar surface area (TPSA) is 91.0 Å². The number of benzene rings is 2. The van der Waals surface area contributed by atoms with Gasteiger partial charge in [0.2, 0.25) is 5.95 Å². The Hall–Kier alpha value is -3.61. The van der Waals surface area contributed by atoms with Crippen LogP contribution in [0.25, 0.3) is 0 Å². The number of aryl methyl sites for hydroxylation is 2. The lowest BCUT2D eigenvalue weighted by Gasteiger charge is -2.23. The third kappa shape index (κ3) is 5.97. The largest absolute Gasteiger partial charge is 0.351 e. The Labute approximate surface area is 189 Å². The number of nitrogens with one attached hydrogen (secondary N) is 4. The van der Waals surface area contributed by atoms with E-state index in [0.29, 0.717) is 17.7 Å². The molecule has 7 nitrogen and oxygen atoms in total. The van der Waals surface area contributed by atoms with E-state index in [9.17, 15) is 4.79 Å². The Morgan fingerprint density at radius 1 is 0.875 bits per heavy atom. The van der Waals surface area contributed by atoms with Crippen molar-refractivity contribution in [2.24, 2.45) is 0 Å². The molecule has 1 saturated carbocycles. The van der Waals surface area contributed by atoms with Gasteiger partial charge in [-0.25, -0.2) is 9.78 Å². The van der Waals surface area contributed by atoms with E-state index in [1.54, 1.807) is 0 Å². The average Bonchev–Trinajstić information content (AvgIpc) is 2.77. The third-order valence-corrected chi connectivity index (χ3v) is 5.60. The maximum Gasteiger partial charge on any atom is 0.323 e. The molecule has 0 radical (unpaired) electrons. The van der Waals surface area contributed by atoms with Crippen molar-refractivity contribution in [3.05, 3.63) is 65.9 Å². The standard InChI is InChI=1S/C25H30N6O/c1-17-8-6-7-11-22(17)30-25(32)29-21-14-12-20(13-15-21)27-23-16-18(2)26-24(31-23)28-19-9-4-3-5-10-19/h6-8,11-16,19H,3-5,9-10H2,1-2H3,(H2,29,30,32)(H2,26,27,28,31). The Morgan fingerprint density at radius 3 is 2.34 bits per heavy atom. The highest BCUT2D eigenvalue weighted by atomic mass is 16.2. The quantitative estimate of drug-likeness (QED) is 0.372. The second-order valence-corrected chi connectivity index (χ2v) is 8.29. The molecule has 0 aliphatic heterocycles. The summed E-state index contributed by atoms with van der Waals surface area (Å²) < 4.78 is 0. The maximum absolute atomic E-state index is 12.3. The number of carbonyl (C=O) groups excluding carboxylic acids is 1. The zero-order chi connectivity index (χ0) is 22.3. The number of nitrogens with zero attached hydrogens (tertiary/aromatic N) is 2. The molecule has 0 saturated heterocycles. The van der Waals surface area contributed by atoms with Crippen molar-refractivity contribution < 1.29 is 4.79 Å². The van der Waals surface area contributed by atoms with Gasteiger partial charge in [-0.1, -0.05) is 37.5 Å². The highest BCUT2D eigenvalue weighted by Gasteiger charge is 2.14. The van der Waals surface area contributed by atoms with Crippen LogP contribution >= 0.6 is 0 Å². The van der Waals surface area contributed by atoms with Crippen LogP contribution in [0.1, 0.15) is 43.4 Å². The Kier molecular flexibility index (Phi) is 6.84. The van der Waals surface area contributed by atoms with Gasteiger partial charge >= 0.3 is 6.03 Å². The van der Waals surface area contributed by atoms with Crippen LogP contribution < -0.4 is 21.3 Å². The van der Waals surface area contributed by atoms with Crippen LogP contribution in [0.15, 0.2) is 54.6 Å². The van der Waals surface area contributed by atoms with Crippen molar-refractivity contribution in [2.45, 2.75) is 52.0 Å². The van der Waals surface area contributed by atoms with Crippen molar-refractivity contribution in [2.75, 3.05) is 21.3 Å². The van der Waals surface area contributed by atoms with E-state index < -0.39 is 0 Å². The van der Waals surface area contributed by atoms with Crippen LogP contribution in [0.2, 0.25) is 0 Å². The smallest absolute Gasteiger partial charge is 0.323 e. The molecule has 0 bridgehead atoms. The summed E-state index contributed by atoms with van der Waals surface area (Å²) in [6.45, 7) is 3.93. The minimum atomic E-state index is -0.273. The first kappa shape index (κ1) is 21.6. The fraction of sp³-hybridized carbons (Fsp3) is 0.320. The molecule has 1 aromatic heterocycles. The molecule has 0 spiro atoms. The number of hydrogen-bond acceptors (Lipinski definition) is 5. The lowest BCUT2D eigenvalue weighted by atomic mass is 9.96. The van der Waals surface area contributed by atoms with Gasteiger partial charge in [-0.15, -0.1) is 0 Å². The van der Waals surface area contributed by atoms with Crippen molar-refractivity contribution in [3.8, 4) is 0 Å². The van der Waals surface area contributed by atoms with Gasteiger partial charge in [0.1, 0.15) is 5.82 Å². The first-order valence-corrected chi connectivity index (χ1v) is 11.2. The van der Waals surface area contributed by atoms with Gasteiger partial charge in [-0.2, -0.15) is 4.98 Å². The molecule has 3 aromatic rings. The first-order chi connectivity index (χ1) is 15.5. The summed E-state index contributed by atoms with van der Waals surface area (Å²) in [5.41, 5.74) is 4.31. The highest BCUT2D eigenvalue weighted by Crippen LogP contribution is 2.23. The Balaban J connectivity index is 1.36. The first-order valence-electron chi connectivity index (χ1n) is 11.2. The monoisotopic (exact) mass is 430 g/mol. The van der Waals surface area contributed by atoms with Gasteiger partial charge in [0.15, 0.2) is 0 Å². The van der Waals surface area contributed by atoms with Gasteiger partial charge in [-0.3, -0.25) is 0 Å². The molecular formula is C25H30N6O. The number of para-hydroxylation sites is 1. The SMILES string of the molecule is Cc1cc(Nc2ccc(NC(=O)Nc3ccccc3C)cc2)nc(NC2CCCCC2)n1. The van der Waals surface area contributed by atoms with Gasteiger partial charge in [-0.05, 0) is 62.6 Å². The number of carbonyl (C=O) groups is 1. The summed E-state index contributed by atoms with van der Waals surface area (Å²) in [6.07, 6.45) is 6.19. The molecule has 2 aromatic carbocycles. The van der Waals surface area contributed by atoms with Crippen LogP contribution in [0, 0.1) is 13.8 Å². The molecule has 166 valence electrons. The lowest BCUT2D eigenvalue weighted by Crippen LogP contribution is -2.23. The van der Waals surface area contributed by atoms with Gasteiger partial charge in [0.05, 0.1) is 0 Å². The molecule has 4 N–H and O–H groups in total. The van der Waals surface area contributed by atoms with Crippen LogP contribution in [0.5, 0.6) is 0 Å². The molecule has 1 aliphatic rings. The lowest BCUT2D eigenvalue weighted by molar-refractivity contribution is 0.262. The van der Waals surface area contributed by atoms with Crippen molar-refractivity contribution in [1.29, 1.82) is 0 Å². The number of urea groups is 1. The molecule has 1 heterocycles. The van der Waals surface area contributed by atoms with Crippen molar-refractivity contribution in [1.82, 2.24) is 9.97 Å². The second-order valence-electron chi connectivity index (χ2n) is 8.29. The van der Waals surface area contributed by atoms with E-state index in [0.717, 1.165) is 28.5 Å². The van der Waals surface area contributed by atoms with E-state index in [4.69, 9.17) is 0 Å². The van der Waals surface area contributed by atoms with Gasteiger partial charge in [0.25, 0.3) is 0 Å². The zero-order valence-corrected chi connectivity index (χ0v) is 18.6. The maximum atomic E-state index is 12.3. The summed E-state index contributed by atoms with van der Waals surface area (Å²) >= 11 is 0. The minimum Gasteiger partial charge on any atom is -0.351 e. The molecule has 7 heteroatoms. The molecule has 32 heavy (non-hydrogen) atoms. The zero-order valence-electron chi connectivity index (χ0n) is 18.6. The molecule has 4 rings (SSSR count). The highest BCUT2D eigenvalue weighted by molar-refractivity contribution is 6.00. The fourth-order valence-corrected chi connectivity index (χ4v) is 3.91. The minimum absolute atomic E-state index is 0.273. The predicted molar refractivity (Wildman–Crippen MR) is 131 cm³/mol. The van der Waals surface area contributed by atoms with Crippen LogP contribution in [0.3, 0.4) is 0 Å². The van der Waals surface area contributed by atoms with Gasteiger partial charge in [0, 0.05) is 34.9 Å². The second kappa shape index (κ2) is 10.1. The Morgan fingerprint density at radius 2 is 1.59 bits per heavy atom. The molecule has 0 unspecified atom stereocenters. The van der Waals surface area contributed by atoms with E-state index in [-0.39, 0.29) is 6.03 Å². The normalized spacial score (nSPS) is 13.9. The molecule has 1 fully saturated rings. The van der Waals surface area contributed by atoms with Gasteiger partial charge < -0.3 is 21.3 Å². The van der Waals surface area contributed by atoms with E-state index >= 15 is 0 Å². The summed E-state index contributed by atoms with van der Waals surface area (Å²) in [5.74, 6) is 1.42. The van der Waals surface area contributed by atoms with Crippen molar-refractivity contribution >= 4 is 34.9 Å². The summed E-state index contributed by atoms with van der Waals surface area (Å²) in [6, 6.07) is 17.3. The summed E-state index contributed by atoms with van der Waals surface area (Å²) in [5, 5.41) is 12.5. The van der Waals surface area contributed by atoms with E-state index in [1.807, 2.05) is 68.4 Å². The number of rotatable bonds is 6. The predicted octanol–water partition coefficient (Wildman–Crippen LogP) is 6.23. The summed E-state index contributed by atoms with van der Waals surface area (Å²) in [7, 11) is 0. The average molecular weight is 431 g/mol. The van der Waals surface area contributed by atoms with Crippen molar-refractivity contribution in [3.63, 3.8) is 0 Å². The van der Waals surface area contributed by atoms with Crippen LogP contribution in [-0.4, -0.2) is 22.0 Å². The molecule has 1 aliphatic carbocycles. The third-order valence-electron chi connectivity index (χ3n) is 5.60. The molecule has 0 atom stereocenters. The fourth-order valence-electron chi connectivity index (χ4n) is 3.91. The van der Waals surface area contributed by atoms with E-state index in [2.05, 4.69) is 31.2 Å². The number of amides is 2. The van der Waals surface area contributed by atoms with Crippen LogP contribution in [0.4, 0.5) is 33.6 Å². The molecular weight excluding hydrogens is 400 g/mol.